The number of aromatic nitrogens is 1. The zero-order valence-electron chi connectivity index (χ0n) is 8.47. The van der Waals surface area contributed by atoms with E-state index in [1.54, 1.807) is 6.92 Å². The van der Waals surface area contributed by atoms with Crippen molar-refractivity contribution >= 4 is 27.7 Å². The minimum Gasteiger partial charge on any atom is -0.466 e. The fourth-order valence-electron chi connectivity index (χ4n) is 1.08. The van der Waals surface area contributed by atoms with Crippen LogP contribution in [0.5, 0.6) is 0 Å². The first-order valence-corrected chi connectivity index (χ1v) is 5.28. The van der Waals surface area contributed by atoms with Gasteiger partial charge in [-0.15, -0.1) is 0 Å². The lowest BCUT2D eigenvalue weighted by molar-refractivity contribution is -0.390. The van der Waals surface area contributed by atoms with Crippen LogP contribution >= 0.6 is 15.9 Å². The van der Waals surface area contributed by atoms with Gasteiger partial charge in [-0.3, -0.25) is 4.79 Å². The van der Waals surface area contributed by atoms with Crippen molar-refractivity contribution < 1.29 is 14.5 Å². The number of hydrogen-bond acceptors (Lipinski definition) is 5. The molecule has 0 aliphatic heterocycles. The Balaban J connectivity index is 2.81. The monoisotopic (exact) mass is 288 g/mol. The molecule has 0 aliphatic carbocycles. The molecule has 1 rings (SSSR count). The van der Waals surface area contributed by atoms with E-state index in [9.17, 15) is 14.9 Å². The molecule has 1 aromatic rings. The smallest absolute Gasteiger partial charge is 0.377 e. The molecule has 16 heavy (non-hydrogen) atoms. The van der Waals surface area contributed by atoms with Gasteiger partial charge in [0.2, 0.25) is 0 Å². The average Bonchev–Trinajstić information content (AvgIpc) is 2.17. The number of halogens is 1. The molecule has 0 unspecified atom stereocenters. The van der Waals surface area contributed by atoms with Crippen molar-refractivity contribution in [2.45, 2.75) is 13.3 Å². The van der Waals surface area contributed by atoms with Crippen LogP contribution in [0, 0.1) is 10.1 Å². The molecule has 0 amide bonds. The fourth-order valence-corrected chi connectivity index (χ4v) is 1.62. The number of ether oxygens (including phenoxy) is 1. The molecule has 0 aromatic carbocycles. The summed E-state index contributed by atoms with van der Waals surface area (Å²) < 4.78 is 5.00. The summed E-state index contributed by atoms with van der Waals surface area (Å²) in [5, 5.41) is 10.5. The maximum absolute atomic E-state index is 11.1. The van der Waals surface area contributed by atoms with E-state index in [0.29, 0.717) is 12.2 Å². The number of rotatable bonds is 4. The van der Waals surface area contributed by atoms with E-state index < -0.39 is 4.92 Å². The number of pyridine rings is 1. The maximum atomic E-state index is 11.1. The van der Waals surface area contributed by atoms with E-state index >= 15 is 0 Å². The van der Waals surface area contributed by atoms with E-state index in [-0.39, 0.29) is 22.7 Å². The Morgan fingerprint density at radius 2 is 2.38 bits per heavy atom. The molecule has 1 heterocycles. The standard InChI is InChI=1S/C9H9BrN2O4/c1-2-16-8(13)4-6-3-7(10)9(11-5-6)12(14)15/h3,5H,2,4H2,1H3. The molecule has 0 saturated carbocycles. The van der Waals surface area contributed by atoms with Crippen molar-refractivity contribution in [2.75, 3.05) is 6.61 Å². The van der Waals surface area contributed by atoms with Crippen molar-refractivity contribution in [2.24, 2.45) is 0 Å². The summed E-state index contributed by atoms with van der Waals surface area (Å²) in [5.41, 5.74) is 0.566. The van der Waals surface area contributed by atoms with E-state index in [1.165, 1.54) is 12.3 Å². The number of carbonyl (C=O) groups is 1. The molecule has 1 aromatic heterocycles. The lowest BCUT2D eigenvalue weighted by Crippen LogP contribution is -2.08. The van der Waals surface area contributed by atoms with E-state index in [4.69, 9.17) is 4.74 Å². The Morgan fingerprint density at radius 3 is 2.88 bits per heavy atom. The second kappa shape index (κ2) is 5.55. The number of hydrogen-bond donors (Lipinski definition) is 0. The molecule has 0 saturated heterocycles. The Kier molecular flexibility index (Phi) is 4.36. The lowest BCUT2D eigenvalue weighted by Gasteiger charge is -2.01. The summed E-state index contributed by atoms with van der Waals surface area (Å²) >= 11 is 3.02. The predicted octanol–water partition coefficient (Wildman–Crippen LogP) is 1.86. The summed E-state index contributed by atoms with van der Waals surface area (Å²) in [6.07, 6.45) is 1.34. The van der Waals surface area contributed by atoms with Gasteiger partial charge in [0.1, 0.15) is 10.7 Å². The molecule has 0 N–H and O–H groups in total. The quantitative estimate of drug-likeness (QED) is 0.480. The SMILES string of the molecule is CCOC(=O)Cc1cnc([N+](=O)[O-])c(Br)c1. The summed E-state index contributed by atoms with van der Waals surface area (Å²) in [4.78, 5) is 24.7. The third kappa shape index (κ3) is 3.27. The largest absolute Gasteiger partial charge is 0.466 e. The van der Waals surface area contributed by atoms with Crippen LogP contribution in [-0.4, -0.2) is 22.5 Å². The first-order valence-electron chi connectivity index (χ1n) is 4.49. The normalized spacial score (nSPS) is 9.88. The minimum absolute atomic E-state index is 0.0530. The fraction of sp³-hybridized carbons (Fsp3) is 0.333. The van der Waals surface area contributed by atoms with Crippen molar-refractivity contribution in [1.82, 2.24) is 4.98 Å². The van der Waals surface area contributed by atoms with Gasteiger partial charge >= 0.3 is 11.8 Å². The number of nitrogens with zero attached hydrogens (tertiary/aromatic N) is 2. The van der Waals surface area contributed by atoms with Gasteiger partial charge in [-0.25, -0.2) is 0 Å². The molecule has 0 bridgehead atoms. The number of carbonyl (C=O) groups excluding carboxylic acids is 1. The Bertz CT molecular complexity index is 422. The highest BCUT2D eigenvalue weighted by atomic mass is 79.9. The van der Waals surface area contributed by atoms with Crippen molar-refractivity contribution in [3.8, 4) is 0 Å². The van der Waals surface area contributed by atoms with Crippen LogP contribution in [0.4, 0.5) is 5.82 Å². The molecular weight excluding hydrogens is 280 g/mol. The van der Waals surface area contributed by atoms with Gasteiger partial charge in [0.05, 0.1) is 13.0 Å². The van der Waals surface area contributed by atoms with Crippen LogP contribution in [-0.2, 0) is 16.0 Å². The maximum Gasteiger partial charge on any atom is 0.377 e. The third-order valence-electron chi connectivity index (χ3n) is 1.71. The van der Waals surface area contributed by atoms with Crippen molar-refractivity contribution in [1.29, 1.82) is 0 Å². The molecule has 6 nitrogen and oxygen atoms in total. The third-order valence-corrected chi connectivity index (χ3v) is 2.29. The molecule has 0 atom stereocenters. The Hall–Kier alpha value is -1.50. The zero-order valence-corrected chi connectivity index (χ0v) is 10.1. The average molecular weight is 289 g/mol. The van der Waals surface area contributed by atoms with Crippen LogP contribution in [0.3, 0.4) is 0 Å². The molecule has 86 valence electrons. The second-order valence-corrected chi connectivity index (χ2v) is 3.74. The van der Waals surface area contributed by atoms with Gasteiger partial charge in [-0.05, 0) is 38.8 Å². The van der Waals surface area contributed by atoms with Crippen molar-refractivity contribution in [3.05, 3.63) is 32.4 Å². The van der Waals surface area contributed by atoms with Crippen LogP contribution in [0.15, 0.2) is 16.7 Å². The minimum atomic E-state index is -0.599. The van der Waals surface area contributed by atoms with Crippen molar-refractivity contribution in [3.63, 3.8) is 0 Å². The van der Waals surface area contributed by atoms with Gasteiger partial charge in [-0.2, -0.15) is 0 Å². The van der Waals surface area contributed by atoms with Gasteiger partial charge in [-0.1, -0.05) is 0 Å². The number of esters is 1. The summed E-state index contributed by atoms with van der Waals surface area (Å²) in [7, 11) is 0. The highest BCUT2D eigenvalue weighted by molar-refractivity contribution is 9.10. The number of nitro groups is 1. The van der Waals surface area contributed by atoms with E-state index in [2.05, 4.69) is 20.9 Å². The molecule has 0 fully saturated rings. The second-order valence-electron chi connectivity index (χ2n) is 2.89. The Morgan fingerprint density at radius 1 is 1.69 bits per heavy atom. The highest BCUT2D eigenvalue weighted by Crippen LogP contribution is 2.22. The zero-order chi connectivity index (χ0) is 12.1. The topological polar surface area (TPSA) is 82.3 Å². The summed E-state index contributed by atoms with van der Waals surface area (Å²) in [6, 6.07) is 1.49. The molecule has 7 heteroatoms. The molecule has 0 aliphatic rings. The van der Waals surface area contributed by atoms with Crippen LogP contribution < -0.4 is 0 Å². The molecular formula is C9H9BrN2O4. The van der Waals surface area contributed by atoms with E-state index in [0.717, 1.165) is 0 Å². The molecule has 0 spiro atoms. The van der Waals surface area contributed by atoms with Crippen LogP contribution in [0.2, 0.25) is 0 Å². The Labute approximate surface area is 99.9 Å². The first-order chi connectivity index (χ1) is 7.54. The first kappa shape index (κ1) is 12.6. The molecule has 0 radical (unpaired) electrons. The predicted molar refractivity (Wildman–Crippen MR) is 58.9 cm³/mol. The van der Waals surface area contributed by atoms with Crippen LogP contribution in [0.1, 0.15) is 12.5 Å². The van der Waals surface area contributed by atoms with Gasteiger partial charge in [0.25, 0.3) is 0 Å². The summed E-state index contributed by atoms with van der Waals surface area (Å²) in [6.45, 7) is 2.02. The highest BCUT2D eigenvalue weighted by Gasteiger charge is 2.15. The lowest BCUT2D eigenvalue weighted by atomic mass is 10.2. The van der Waals surface area contributed by atoms with Gasteiger partial charge in [0.15, 0.2) is 0 Å². The summed E-state index contributed by atoms with van der Waals surface area (Å²) in [5.74, 6) is -0.655. The van der Waals surface area contributed by atoms with Gasteiger partial charge in [0, 0.05) is 5.56 Å². The van der Waals surface area contributed by atoms with Crippen LogP contribution in [0.25, 0.3) is 0 Å². The van der Waals surface area contributed by atoms with Gasteiger partial charge < -0.3 is 14.9 Å². The van der Waals surface area contributed by atoms with E-state index in [1.807, 2.05) is 0 Å².